The molecular weight excluding hydrogens is 178 g/mol. The number of nitrogen functional groups attached to an aromatic ring is 1. The summed E-state index contributed by atoms with van der Waals surface area (Å²) in [4.78, 5) is 0. The molecule has 0 spiro atoms. The highest BCUT2D eigenvalue weighted by atomic mass is 16.5. The van der Waals surface area contributed by atoms with E-state index >= 15 is 0 Å². The number of rotatable bonds is 4. The van der Waals surface area contributed by atoms with Crippen LogP contribution < -0.4 is 10.5 Å². The van der Waals surface area contributed by atoms with E-state index in [9.17, 15) is 5.11 Å². The summed E-state index contributed by atoms with van der Waals surface area (Å²) in [5.74, 6) is 0.947. The molecular formula is C11H17NO2. The van der Waals surface area contributed by atoms with Gasteiger partial charge in [-0.15, -0.1) is 0 Å². The fourth-order valence-electron chi connectivity index (χ4n) is 0.938. The van der Waals surface area contributed by atoms with Gasteiger partial charge in [0.1, 0.15) is 12.4 Å². The van der Waals surface area contributed by atoms with Crippen LogP contribution in [-0.2, 0) is 0 Å². The van der Waals surface area contributed by atoms with Crippen molar-refractivity contribution in [1.29, 1.82) is 0 Å². The van der Waals surface area contributed by atoms with Gasteiger partial charge in [-0.2, -0.15) is 0 Å². The van der Waals surface area contributed by atoms with Crippen LogP contribution in [0.4, 0.5) is 5.69 Å². The molecule has 0 aliphatic heterocycles. The van der Waals surface area contributed by atoms with Crippen molar-refractivity contribution in [3.63, 3.8) is 0 Å². The summed E-state index contributed by atoms with van der Waals surface area (Å²) < 4.78 is 5.38. The Bertz CT molecular complexity index is 269. The average molecular weight is 195 g/mol. The molecule has 1 aromatic carbocycles. The molecule has 3 N–H and O–H groups in total. The van der Waals surface area contributed by atoms with Crippen LogP contribution in [0.5, 0.6) is 5.75 Å². The first kappa shape index (κ1) is 10.9. The molecule has 14 heavy (non-hydrogen) atoms. The summed E-state index contributed by atoms with van der Waals surface area (Å²) in [6.45, 7) is 4.23. The van der Waals surface area contributed by atoms with Crippen molar-refractivity contribution in [2.24, 2.45) is 5.92 Å². The lowest BCUT2D eigenvalue weighted by Crippen LogP contribution is -2.23. The van der Waals surface area contributed by atoms with Crippen LogP contribution in [0.25, 0.3) is 0 Å². The first-order valence-electron chi connectivity index (χ1n) is 4.76. The molecule has 0 fully saturated rings. The van der Waals surface area contributed by atoms with Gasteiger partial charge in [-0.1, -0.05) is 13.8 Å². The van der Waals surface area contributed by atoms with Gasteiger partial charge in [0.05, 0.1) is 6.10 Å². The Hall–Kier alpha value is -1.22. The molecule has 3 nitrogen and oxygen atoms in total. The molecule has 0 saturated carbocycles. The molecule has 0 radical (unpaired) electrons. The summed E-state index contributed by atoms with van der Waals surface area (Å²) in [5.41, 5.74) is 6.24. The fraction of sp³-hybridized carbons (Fsp3) is 0.455. The lowest BCUT2D eigenvalue weighted by molar-refractivity contribution is 0.0701. The number of ether oxygens (including phenoxy) is 1. The second-order valence-corrected chi connectivity index (χ2v) is 3.69. The van der Waals surface area contributed by atoms with Gasteiger partial charge in [-0.25, -0.2) is 0 Å². The maximum absolute atomic E-state index is 9.49. The number of hydrogen-bond acceptors (Lipinski definition) is 3. The van der Waals surface area contributed by atoms with Crippen LogP contribution in [0.15, 0.2) is 24.3 Å². The SMILES string of the molecule is CC(C)[C@@H](O)COc1ccc(N)cc1. The van der Waals surface area contributed by atoms with Gasteiger partial charge < -0.3 is 15.6 Å². The standard InChI is InChI=1S/C11H17NO2/c1-8(2)11(13)7-14-10-5-3-9(12)4-6-10/h3-6,8,11,13H,7,12H2,1-2H3/t11-/m0/s1. The second kappa shape index (κ2) is 4.86. The van der Waals surface area contributed by atoms with Crippen molar-refractivity contribution in [2.75, 3.05) is 12.3 Å². The average Bonchev–Trinajstić information content (AvgIpc) is 2.16. The minimum Gasteiger partial charge on any atom is -0.491 e. The smallest absolute Gasteiger partial charge is 0.119 e. The highest BCUT2D eigenvalue weighted by molar-refractivity contribution is 5.41. The highest BCUT2D eigenvalue weighted by Gasteiger charge is 2.09. The molecule has 0 heterocycles. The Labute approximate surface area is 84.5 Å². The van der Waals surface area contributed by atoms with E-state index in [1.807, 2.05) is 13.8 Å². The van der Waals surface area contributed by atoms with Gasteiger partial charge in [0.15, 0.2) is 0 Å². The molecule has 0 unspecified atom stereocenters. The topological polar surface area (TPSA) is 55.5 Å². The maximum atomic E-state index is 9.49. The molecule has 0 amide bonds. The van der Waals surface area contributed by atoms with Gasteiger partial charge in [0.25, 0.3) is 0 Å². The minimum absolute atomic E-state index is 0.212. The Morgan fingerprint density at radius 3 is 2.36 bits per heavy atom. The van der Waals surface area contributed by atoms with E-state index in [0.29, 0.717) is 12.3 Å². The van der Waals surface area contributed by atoms with E-state index < -0.39 is 6.10 Å². The number of aliphatic hydroxyl groups is 1. The van der Waals surface area contributed by atoms with Crippen molar-refractivity contribution < 1.29 is 9.84 Å². The number of aliphatic hydroxyl groups excluding tert-OH is 1. The lowest BCUT2D eigenvalue weighted by Gasteiger charge is -2.15. The van der Waals surface area contributed by atoms with E-state index in [4.69, 9.17) is 10.5 Å². The van der Waals surface area contributed by atoms with Gasteiger partial charge in [-0.3, -0.25) is 0 Å². The maximum Gasteiger partial charge on any atom is 0.119 e. The van der Waals surface area contributed by atoms with Crippen LogP contribution in [-0.4, -0.2) is 17.8 Å². The summed E-state index contributed by atoms with van der Waals surface area (Å²) in [6.07, 6.45) is -0.424. The zero-order valence-electron chi connectivity index (χ0n) is 8.60. The zero-order valence-corrected chi connectivity index (χ0v) is 8.60. The van der Waals surface area contributed by atoms with Crippen LogP contribution in [0.1, 0.15) is 13.8 Å². The van der Waals surface area contributed by atoms with E-state index in [1.165, 1.54) is 0 Å². The van der Waals surface area contributed by atoms with Gasteiger partial charge in [0.2, 0.25) is 0 Å². The van der Waals surface area contributed by atoms with E-state index in [0.717, 1.165) is 5.75 Å². The third kappa shape index (κ3) is 3.26. The normalized spacial score (nSPS) is 12.9. The van der Waals surface area contributed by atoms with E-state index in [1.54, 1.807) is 24.3 Å². The van der Waals surface area contributed by atoms with Gasteiger partial charge >= 0.3 is 0 Å². The Kier molecular flexibility index (Phi) is 3.77. The largest absolute Gasteiger partial charge is 0.491 e. The number of benzene rings is 1. The van der Waals surface area contributed by atoms with Crippen molar-refractivity contribution in [1.82, 2.24) is 0 Å². The first-order valence-corrected chi connectivity index (χ1v) is 4.76. The summed E-state index contributed by atoms with van der Waals surface area (Å²) >= 11 is 0. The predicted molar refractivity (Wildman–Crippen MR) is 57.2 cm³/mol. The molecule has 0 aromatic heterocycles. The summed E-state index contributed by atoms with van der Waals surface area (Å²) in [7, 11) is 0. The van der Waals surface area contributed by atoms with Gasteiger partial charge in [-0.05, 0) is 30.2 Å². The molecule has 0 aliphatic rings. The second-order valence-electron chi connectivity index (χ2n) is 3.69. The Morgan fingerprint density at radius 2 is 1.86 bits per heavy atom. The highest BCUT2D eigenvalue weighted by Crippen LogP contribution is 2.14. The number of anilines is 1. The lowest BCUT2D eigenvalue weighted by atomic mass is 10.1. The molecule has 3 heteroatoms. The molecule has 78 valence electrons. The van der Waals surface area contributed by atoms with Crippen molar-refractivity contribution in [2.45, 2.75) is 20.0 Å². The Balaban J connectivity index is 2.42. The third-order valence-electron chi connectivity index (χ3n) is 2.07. The predicted octanol–water partition coefficient (Wildman–Crippen LogP) is 1.66. The van der Waals surface area contributed by atoms with Crippen LogP contribution >= 0.6 is 0 Å². The molecule has 0 bridgehead atoms. The van der Waals surface area contributed by atoms with E-state index in [-0.39, 0.29) is 5.92 Å². The van der Waals surface area contributed by atoms with Crippen molar-refractivity contribution in [3.8, 4) is 5.75 Å². The monoisotopic (exact) mass is 195 g/mol. The summed E-state index contributed by atoms with van der Waals surface area (Å²) in [6, 6.07) is 7.14. The third-order valence-corrected chi connectivity index (χ3v) is 2.07. The van der Waals surface area contributed by atoms with Crippen LogP contribution in [0.2, 0.25) is 0 Å². The number of nitrogens with two attached hydrogens (primary N) is 1. The zero-order chi connectivity index (χ0) is 10.6. The molecule has 1 aromatic rings. The Morgan fingerprint density at radius 1 is 1.29 bits per heavy atom. The van der Waals surface area contributed by atoms with Crippen LogP contribution in [0.3, 0.4) is 0 Å². The van der Waals surface area contributed by atoms with Crippen molar-refractivity contribution in [3.05, 3.63) is 24.3 Å². The summed E-state index contributed by atoms with van der Waals surface area (Å²) in [5, 5.41) is 9.49. The van der Waals surface area contributed by atoms with Gasteiger partial charge in [0, 0.05) is 5.69 Å². The minimum atomic E-state index is -0.424. The first-order chi connectivity index (χ1) is 6.59. The molecule has 1 rings (SSSR count). The number of hydrogen-bond donors (Lipinski definition) is 2. The van der Waals surface area contributed by atoms with Crippen molar-refractivity contribution >= 4 is 5.69 Å². The molecule has 0 saturated heterocycles. The molecule has 0 aliphatic carbocycles. The van der Waals surface area contributed by atoms with E-state index in [2.05, 4.69) is 0 Å². The quantitative estimate of drug-likeness (QED) is 0.718. The molecule has 1 atom stereocenters. The fourth-order valence-corrected chi connectivity index (χ4v) is 0.938. The van der Waals surface area contributed by atoms with Crippen LogP contribution in [0, 0.1) is 5.92 Å².